The van der Waals surface area contributed by atoms with E-state index < -0.39 is 10.0 Å². The molecular formula is C21H26N2O3S2. The number of hydrogen-bond donors (Lipinski definition) is 1. The fourth-order valence-corrected chi connectivity index (χ4v) is 6.94. The largest absolute Gasteiger partial charge is 0.351 e. The van der Waals surface area contributed by atoms with Crippen LogP contribution in [0.4, 0.5) is 0 Å². The van der Waals surface area contributed by atoms with Crippen LogP contribution in [-0.4, -0.2) is 31.7 Å². The highest BCUT2D eigenvalue weighted by Gasteiger charge is 2.28. The number of nitrogens with one attached hydrogen (secondary N) is 1. The Bertz CT molecular complexity index is 960. The van der Waals surface area contributed by atoms with Crippen LogP contribution in [-0.2, 0) is 40.6 Å². The molecule has 0 atom stereocenters. The maximum absolute atomic E-state index is 12.6. The molecule has 0 radical (unpaired) electrons. The summed E-state index contributed by atoms with van der Waals surface area (Å²) < 4.78 is 27.1. The zero-order chi connectivity index (χ0) is 19.6. The van der Waals surface area contributed by atoms with Gasteiger partial charge in [0.25, 0.3) is 10.0 Å². The number of nitrogens with zero attached hydrogens (tertiary/aromatic N) is 1. The molecule has 0 spiro atoms. The Morgan fingerprint density at radius 1 is 1.00 bits per heavy atom. The molecule has 2 heterocycles. The highest BCUT2D eigenvalue weighted by molar-refractivity contribution is 7.91. The standard InChI is InChI=1S/C21H26N2O3S2/c24-20(14-16-7-8-17-5-1-2-6-18(17)13-16)22-15-19-9-10-21(27-19)28(25,26)23-11-3-4-12-23/h7-10,13H,1-6,11-12,14-15H2,(H,22,24). The van der Waals surface area contributed by atoms with Crippen molar-refractivity contribution in [3.8, 4) is 0 Å². The molecule has 7 heteroatoms. The van der Waals surface area contributed by atoms with E-state index in [1.807, 2.05) is 0 Å². The third-order valence-corrected chi connectivity index (χ3v) is 8.98. The topological polar surface area (TPSA) is 66.5 Å². The van der Waals surface area contributed by atoms with Crippen molar-refractivity contribution >= 4 is 27.3 Å². The number of rotatable bonds is 6. The molecule has 1 aromatic heterocycles. The molecule has 150 valence electrons. The smallest absolute Gasteiger partial charge is 0.252 e. The molecule has 1 aliphatic heterocycles. The first-order chi connectivity index (χ1) is 13.5. The van der Waals surface area contributed by atoms with Gasteiger partial charge in [0.05, 0.1) is 13.0 Å². The zero-order valence-corrected chi connectivity index (χ0v) is 17.6. The molecule has 1 saturated heterocycles. The summed E-state index contributed by atoms with van der Waals surface area (Å²) in [6.45, 7) is 1.57. The van der Waals surface area contributed by atoms with Crippen LogP contribution in [0.3, 0.4) is 0 Å². The minimum atomic E-state index is -3.37. The van der Waals surface area contributed by atoms with E-state index in [0.717, 1.165) is 36.1 Å². The molecule has 1 amide bonds. The van der Waals surface area contributed by atoms with Gasteiger partial charge in [-0.2, -0.15) is 4.31 Å². The van der Waals surface area contributed by atoms with E-state index in [0.29, 0.717) is 30.3 Å². The molecule has 0 bridgehead atoms. The van der Waals surface area contributed by atoms with Gasteiger partial charge in [-0.1, -0.05) is 18.2 Å². The summed E-state index contributed by atoms with van der Waals surface area (Å²) in [4.78, 5) is 13.2. The van der Waals surface area contributed by atoms with Gasteiger partial charge in [0.2, 0.25) is 5.91 Å². The monoisotopic (exact) mass is 418 g/mol. The number of fused-ring (bicyclic) bond motifs is 1. The second-order valence-electron chi connectivity index (χ2n) is 7.60. The summed E-state index contributed by atoms with van der Waals surface area (Å²) in [5, 5.41) is 2.92. The molecule has 4 rings (SSSR count). The third-order valence-electron chi connectivity index (χ3n) is 5.53. The maximum atomic E-state index is 12.6. The summed E-state index contributed by atoms with van der Waals surface area (Å²) in [7, 11) is -3.37. The van der Waals surface area contributed by atoms with Crippen LogP contribution >= 0.6 is 11.3 Å². The van der Waals surface area contributed by atoms with Gasteiger partial charge in [0.15, 0.2) is 0 Å². The lowest BCUT2D eigenvalue weighted by atomic mass is 9.90. The predicted octanol–water partition coefficient (Wildman–Crippen LogP) is 3.27. The first-order valence-corrected chi connectivity index (χ1v) is 12.2. The van der Waals surface area contributed by atoms with E-state index in [9.17, 15) is 13.2 Å². The maximum Gasteiger partial charge on any atom is 0.252 e. The Balaban J connectivity index is 1.33. The quantitative estimate of drug-likeness (QED) is 0.783. The van der Waals surface area contributed by atoms with Crippen molar-refractivity contribution in [3.05, 3.63) is 51.9 Å². The van der Waals surface area contributed by atoms with Crippen molar-refractivity contribution in [2.75, 3.05) is 13.1 Å². The molecule has 28 heavy (non-hydrogen) atoms. The fraction of sp³-hybridized carbons (Fsp3) is 0.476. The number of carbonyl (C=O) groups excluding carboxylic acids is 1. The van der Waals surface area contributed by atoms with Crippen molar-refractivity contribution in [2.24, 2.45) is 0 Å². The molecule has 0 saturated carbocycles. The number of amides is 1. The van der Waals surface area contributed by atoms with Gasteiger partial charge >= 0.3 is 0 Å². The Morgan fingerprint density at radius 2 is 1.75 bits per heavy atom. The highest BCUT2D eigenvalue weighted by Crippen LogP contribution is 2.27. The Hall–Kier alpha value is -1.70. The summed E-state index contributed by atoms with van der Waals surface area (Å²) >= 11 is 1.25. The summed E-state index contributed by atoms with van der Waals surface area (Å²) in [5.74, 6) is -0.0342. The first kappa shape index (κ1) is 19.6. The molecule has 1 aromatic carbocycles. The number of sulfonamides is 1. The number of thiophene rings is 1. The van der Waals surface area contributed by atoms with E-state index >= 15 is 0 Å². The van der Waals surface area contributed by atoms with Crippen LogP contribution < -0.4 is 5.32 Å². The van der Waals surface area contributed by atoms with Crippen LogP contribution in [0, 0.1) is 0 Å². The Morgan fingerprint density at radius 3 is 2.54 bits per heavy atom. The minimum absolute atomic E-state index is 0.0342. The zero-order valence-electron chi connectivity index (χ0n) is 15.9. The van der Waals surface area contributed by atoms with Crippen LogP contribution in [0.1, 0.15) is 47.3 Å². The van der Waals surface area contributed by atoms with E-state index in [-0.39, 0.29) is 5.91 Å². The van der Waals surface area contributed by atoms with Crippen molar-refractivity contribution in [2.45, 2.75) is 55.7 Å². The summed E-state index contributed by atoms with van der Waals surface area (Å²) in [5.41, 5.74) is 3.84. The molecule has 0 unspecified atom stereocenters. The number of benzene rings is 1. The number of hydrogen-bond acceptors (Lipinski definition) is 4. The SMILES string of the molecule is O=C(Cc1ccc2c(c1)CCCC2)NCc1ccc(S(=O)(=O)N2CCCC2)s1. The third kappa shape index (κ3) is 4.31. The lowest BCUT2D eigenvalue weighted by Crippen LogP contribution is -2.27. The lowest BCUT2D eigenvalue weighted by molar-refractivity contribution is -0.120. The molecule has 1 fully saturated rings. The fourth-order valence-electron chi connectivity index (χ4n) is 3.98. The van der Waals surface area contributed by atoms with Gasteiger partial charge < -0.3 is 5.32 Å². The van der Waals surface area contributed by atoms with Gasteiger partial charge in [0, 0.05) is 18.0 Å². The molecule has 1 N–H and O–H groups in total. The van der Waals surface area contributed by atoms with E-state index in [1.54, 1.807) is 16.4 Å². The number of carbonyl (C=O) groups is 1. The van der Waals surface area contributed by atoms with Crippen LogP contribution in [0.2, 0.25) is 0 Å². The predicted molar refractivity (Wildman–Crippen MR) is 111 cm³/mol. The second kappa shape index (κ2) is 8.35. The number of aryl methyl sites for hydroxylation is 2. The van der Waals surface area contributed by atoms with Gasteiger partial charge in [0.1, 0.15) is 4.21 Å². The van der Waals surface area contributed by atoms with Gasteiger partial charge in [-0.3, -0.25) is 4.79 Å². The minimum Gasteiger partial charge on any atom is -0.351 e. The van der Waals surface area contributed by atoms with E-state index in [2.05, 4.69) is 23.5 Å². The first-order valence-electron chi connectivity index (χ1n) is 9.98. The van der Waals surface area contributed by atoms with Gasteiger partial charge in [-0.15, -0.1) is 11.3 Å². The van der Waals surface area contributed by atoms with Crippen molar-refractivity contribution in [1.82, 2.24) is 9.62 Å². The van der Waals surface area contributed by atoms with Crippen molar-refractivity contribution in [3.63, 3.8) is 0 Å². The van der Waals surface area contributed by atoms with Crippen LogP contribution in [0.25, 0.3) is 0 Å². The summed E-state index contributed by atoms with van der Waals surface area (Å²) in [6, 6.07) is 9.83. The molecule has 2 aliphatic rings. The van der Waals surface area contributed by atoms with E-state index in [1.165, 1.54) is 35.3 Å². The van der Waals surface area contributed by atoms with Gasteiger partial charge in [-0.05, 0) is 67.3 Å². The lowest BCUT2D eigenvalue weighted by Gasteiger charge is -2.16. The summed E-state index contributed by atoms with van der Waals surface area (Å²) in [6.07, 6.45) is 6.94. The average Bonchev–Trinajstić information content (AvgIpc) is 3.39. The van der Waals surface area contributed by atoms with Crippen LogP contribution in [0.15, 0.2) is 34.5 Å². The van der Waals surface area contributed by atoms with Gasteiger partial charge in [-0.25, -0.2) is 8.42 Å². The Kier molecular flexibility index (Phi) is 5.85. The molecule has 2 aromatic rings. The van der Waals surface area contributed by atoms with E-state index in [4.69, 9.17) is 0 Å². The second-order valence-corrected chi connectivity index (χ2v) is 10.9. The van der Waals surface area contributed by atoms with Crippen LogP contribution in [0.5, 0.6) is 0 Å². The molecular weight excluding hydrogens is 392 g/mol. The molecule has 1 aliphatic carbocycles. The average molecular weight is 419 g/mol. The normalized spacial score (nSPS) is 17.4. The van der Waals surface area contributed by atoms with Crippen molar-refractivity contribution in [1.29, 1.82) is 0 Å². The highest BCUT2D eigenvalue weighted by atomic mass is 32.2. The van der Waals surface area contributed by atoms with Crippen molar-refractivity contribution < 1.29 is 13.2 Å². The molecule has 5 nitrogen and oxygen atoms in total. The Labute approximate surface area is 170 Å².